The van der Waals surface area contributed by atoms with Gasteiger partial charge in [-0.3, -0.25) is 0 Å². The summed E-state index contributed by atoms with van der Waals surface area (Å²) in [5.74, 6) is 0. The Bertz CT molecular complexity index is 727. The second-order valence-electron chi connectivity index (χ2n) is 5.34. The van der Waals surface area contributed by atoms with Crippen molar-refractivity contribution >= 4 is 11.4 Å². The van der Waals surface area contributed by atoms with Crippen molar-refractivity contribution in [2.75, 3.05) is 11.5 Å². The van der Waals surface area contributed by atoms with Crippen LogP contribution in [0.3, 0.4) is 0 Å². The summed E-state index contributed by atoms with van der Waals surface area (Å²) in [6, 6.07) is 22.4. The van der Waals surface area contributed by atoms with Crippen LogP contribution in [0.15, 0.2) is 66.7 Å². The van der Waals surface area contributed by atoms with Crippen LogP contribution in [0.2, 0.25) is 0 Å². The molecule has 0 amide bonds. The average molecular weight is 274 g/mol. The molecule has 3 aromatic rings. The van der Waals surface area contributed by atoms with Gasteiger partial charge in [0.2, 0.25) is 0 Å². The summed E-state index contributed by atoms with van der Waals surface area (Å²) in [7, 11) is 0. The van der Waals surface area contributed by atoms with Crippen LogP contribution in [0.4, 0.5) is 11.4 Å². The Morgan fingerprint density at radius 2 is 1.05 bits per heavy atom. The van der Waals surface area contributed by atoms with Crippen molar-refractivity contribution in [3.8, 4) is 22.3 Å². The van der Waals surface area contributed by atoms with Crippen LogP contribution in [-0.4, -0.2) is 0 Å². The van der Waals surface area contributed by atoms with E-state index in [-0.39, 0.29) is 0 Å². The molecule has 3 aromatic carbocycles. The third kappa shape index (κ3) is 2.90. The molecule has 0 aromatic heterocycles. The maximum Gasteiger partial charge on any atom is 0.0320 e. The maximum atomic E-state index is 5.89. The molecule has 2 nitrogen and oxygen atoms in total. The van der Waals surface area contributed by atoms with Gasteiger partial charge in [0.1, 0.15) is 0 Å². The van der Waals surface area contributed by atoms with E-state index in [0.29, 0.717) is 0 Å². The molecule has 4 N–H and O–H groups in total. The van der Waals surface area contributed by atoms with E-state index in [4.69, 9.17) is 11.5 Å². The number of benzene rings is 3. The topological polar surface area (TPSA) is 52.0 Å². The van der Waals surface area contributed by atoms with Crippen molar-refractivity contribution in [1.82, 2.24) is 0 Å². The summed E-state index contributed by atoms with van der Waals surface area (Å²) >= 11 is 0. The van der Waals surface area contributed by atoms with Gasteiger partial charge < -0.3 is 11.5 Å². The second kappa shape index (κ2) is 5.33. The highest BCUT2D eigenvalue weighted by Gasteiger charge is 2.04. The lowest BCUT2D eigenvalue weighted by atomic mass is 9.96. The largest absolute Gasteiger partial charge is 0.399 e. The molecule has 0 saturated heterocycles. The number of hydrogen-bond acceptors (Lipinski definition) is 2. The molecule has 3 rings (SSSR count). The van der Waals surface area contributed by atoms with E-state index >= 15 is 0 Å². The van der Waals surface area contributed by atoms with Crippen LogP contribution in [0, 0.1) is 6.92 Å². The van der Waals surface area contributed by atoms with Gasteiger partial charge in [-0.15, -0.1) is 0 Å². The van der Waals surface area contributed by atoms with Gasteiger partial charge >= 0.3 is 0 Å². The Labute approximate surface area is 125 Å². The fourth-order valence-electron chi connectivity index (χ4n) is 2.55. The molecule has 0 radical (unpaired) electrons. The summed E-state index contributed by atoms with van der Waals surface area (Å²) in [6.45, 7) is 2.10. The molecular weight excluding hydrogens is 256 g/mol. The van der Waals surface area contributed by atoms with Gasteiger partial charge in [0.15, 0.2) is 0 Å². The fourth-order valence-corrected chi connectivity index (χ4v) is 2.55. The number of aryl methyl sites for hydroxylation is 1. The molecule has 2 heteroatoms. The van der Waals surface area contributed by atoms with Crippen molar-refractivity contribution in [2.24, 2.45) is 0 Å². The lowest BCUT2D eigenvalue weighted by Gasteiger charge is -2.09. The van der Waals surface area contributed by atoms with Crippen molar-refractivity contribution in [1.29, 1.82) is 0 Å². The van der Waals surface area contributed by atoms with Crippen LogP contribution >= 0.6 is 0 Å². The molecule has 21 heavy (non-hydrogen) atoms. The molecule has 0 unspecified atom stereocenters. The molecule has 0 heterocycles. The quantitative estimate of drug-likeness (QED) is 0.676. The highest BCUT2D eigenvalue weighted by Crippen LogP contribution is 2.29. The van der Waals surface area contributed by atoms with Crippen LogP contribution < -0.4 is 11.5 Å². The Morgan fingerprint density at radius 3 is 1.48 bits per heavy atom. The fraction of sp³-hybridized carbons (Fsp3) is 0.0526. The third-order valence-corrected chi connectivity index (χ3v) is 3.52. The van der Waals surface area contributed by atoms with Gasteiger partial charge in [0.25, 0.3) is 0 Å². The van der Waals surface area contributed by atoms with E-state index in [0.717, 1.165) is 22.5 Å². The van der Waals surface area contributed by atoms with Crippen LogP contribution in [0.1, 0.15) is 5.56 Å². The average Bonchev–Trinajstić information content (AvgIpc) is 2.46. The third-order valence-electron chi connectivity index (χ3n) is 3.52. The minimum absolute atomic E-state index is 0.777. The maximum absolute atomic E-state index is 5.89. The molecule has 0 bridgehead atoms. The Hall–Kier alpha value is -2.74. The van der Waals surface area contributed by atoms with Crippen LogP contribution in [0.5, 0.6) is 0 Å². The first-order valence-corrected chi connectivity index (χ1v) is 6.95. The summed E-state index contributed by atoms with van der Waals surface area (Å²) < 4.78 is 0. The minimum Gasteiger partial charge on any atom is -0.399 e. The molecule has 0 saturated carbocycles. The minimum atomic E-state index is 0.777. The summed E-state index contributed by atoms with van der Waals surface area (Å²) in [4.78, 5) is 0. The van der Waals surface area contributed by atoms with E-state index in [1.54, 1.807) is 0 Å². The Kier molecular flexibility index (Phi) is 3.36. The van der Waals surface area contributed by atoms with E-state index in [1.807, 2.05) is 36.4 Å². The lowest BCUT2D eigenvalue weighted by molar-refractivity contribution is 1.46. The molecule has 0 aliphatic heterocycles. The van der Waals surface area contributed by atoms with Gasteiger partial charge in [-0.2, -0.15) is 0 Å². The Balaban J connectivity index is 2.12. The first-order chi connectivity index (χ1) is 10.1. The lowest BCUT2D eigenvalue weighted by Crippen LogP contribution is -1.88. The predicted molar refractivity (Wildman–Crippen MR) is 90.9 cm³/mol. The van der Waals surface area contributed by atoms with E-state index in [2.05, 4.69) is 37.3 Å². The predicted octanol–water partition coefficient (Wildman–Crippen LogP) is 4.49. The Morgan fingerprint density at radius 1 is 0.571 bits per heavy atom. The van der Waals surface area contributed by atoms with Crippen molar-refractivity contribution in [2.45, 2.75) is 6.92 Å². The molecule has 104 valence electrons. The zero-order chi connectivity index (χ0) is 14.8. The van der Waals surface area contributed by atoms with Gasteiger partial charge in [-0.25, -0.2) is 0 Å². The van der Waals surface area contributed by atoms with Gasteiger partial charge in [-0.1, -0.05) is 36.4 Å². The second-order valence-corrected chi connectivity index (χ2v) is 5.34. The number of hydrogen-bond donors (Lipinski definition) is 2. The zero-order valence-electron chi connectivity index (χ0n) is 12.0. The normalized spacial score (nSPS) is 10.5. The number of nitrogens with two attached hydrogens (primary N) is 2. The van der Waals surface area contributed by atoms with Crippen molar-refractivity contribution in [3.05, 3.63) is 72.3 Å². The number of nitrogen functional groups attached to an aromatic ring is 2. The van der Waals surface area contributed by atoms with Gasteiger partial charge in [0.05, 0.1) is 0 Å². The highest BCUT2D eigenvalue weighted by molar-refractivity contribution is 5.76. The molecule has 0 aliphatic rings. The summed E-state index contributed by atoms with van der Waals surface area (Å²) in [5, 5.41) is 0. The summed E-state index contributed by atoms with van der Waals surface area (Å²) in [5.41, 5.74) is 19.1. The molecular formula is C19H18N2. The van der Waals surface area contributed by atoms with Gasteiger partial charge in [-0.05, 0) is 65.1 Å². The number of anilines is 2. The monoisotopic (exact) mass is 274 g/mol. The SMILES string of the molecule is Cc1cc(-c2cccc(N)c2)cc(-c2cccc(N)c2)c1. The molecule has 0 atom stereocenters. The first-order valence-electron chi connectivity index (χ1n) is 6.95. The van der Waals surface area contributed by atoms with Crippen molar-refractivity contribution < 1.29 is 0 Å². The highest BCUT2D eigenvalue weighted by atomic mass is 14.5. The molecule has 0 spiro atoms. The standard InChI is InChI=1S/C19H18N2/c1-13-8-16(14-4-2-6-18(20)11-14)10-17(9-13)15-5-3-7-19(21)12-15/h2-12H,20-21H2,1H3. The smallest absolute Gasteiger partial charge is 0.0320 e. The molecule has 0 aliphatic carbocycles. The summed E-state index contributed by atoms with van der Waals surface area (Å²) in [6.07, 6.45) is 0. The van der Waals surface area contributed by atoms with E-state index < -0.39 is 0 Å². The van der Waals surface area contributed by atoms with Crippen LogP contribution in [0.25, 0.3) is 22.3 Å². The zero-order valence-corrected chi connectivity index (χ0v) is 12.0. The number of rotatable bonds is 2. The van der Waals surface area contributed by atoms with Gasteiger partial charge in [0, 0.05) is 11.4 Å². The van der Waals surface area contributed by atoms with Crippen molar-refractivity contribution in [3.63, 3.8) is 0 Å². The first kappa shape index (κ1) is 13.3. The van der Waals surface area contributed by atoms with E-state index in [9.17, 15) is 0 Å². The molecule has 0 fully saturated rings. The van der Waals surface area contributed by atoms with Crippen LogP contribution in [-0.2, 0) is 0 Å². The van der Waals surface area contributed by atoms with E-state index in [1.165, 1.54) is 16.7 Å².